The summed E-state index contributed by atoms with van der Waals surface area (Å²) in [6.07, 6.45) is 1.59. The third kappa shape index (κ3) is 4.37. The average molecular weight is 406 g/mol. The number of aromatic nitrogens is 5. The van der Waals surface area contributed by atoms with E-state index in [2.05, 4.69) is 25.7 Å². The highest BCUT2D eigenvalue weighted by molar-refractivity contribution is 8.00. The number of hydrogen-bond donors (Lipinski definition) is 1. The Morgan fingerprint density at radius 2 is 2.07 bits per heavy atom. The lowest BCUT2D eigenvalue weighted by Crippen LogP contribution is -2.22. The van der Waals surface area contributed by atoms with E-state index in [0.717, 1.165) is 5.56 Å². The van der Waals surface area contributed by atoms with Crippen LogP contribution in [-0.4, -0.2) is 50.3 Å². The Kier molecular flexibility index (Phi) is 5.91. The number of nitrogens with zero attached hydrogens (tertiary/aromatic N) is 5. The van der Waals surface area contributed by atoms with Crippen LogP contribution in [-0.2, 0) is 11.8 Å². The molecule has 1 atom stereocenters. The van der Waals surface area contributed by atoms with E-state index in [1.165, 1.54) is 23.1 Å². The molecule has 0 unspecified atom stereocenters. The van der Waals surface area contributed by atoms with E-state index >= 15 is 0 Å². The van der Waals surface area contributed by atoms with Gasteiger partial charge in [0.25, 0.3) is 0 Å². The van der Waals surface area contributed by atoms with Gasteiger partial charge in [-0.15, -0.1) is 20.4 Å². The lowest BCUT2D eigenvalue weighted by Gasteiger charge is -2.09. The van der Waals surface area contributed by atoms with Crippen LogP contribution in [0.5, 0.6) is 11.5 Å². The molecule has 3 aromatic rings. The molecule has 0 spiro atoms. The molecule has 9 nitrogen and oxygen atoms in total. The van der Waals surface area contributed by atoms with Crippen LogP contribution in [0.4, 0.5) is 5.13 Å². The molecular weight excluding hydrogens is 388 g/mol. The first kappa shape index (κ1) is 19.1. The van der Waals surface area contributed by atoms with E-state index in [0.29, 0.717) is 26.8 Å². The van der Waals surface area contributed by atoms with Gasteiger partial charge in [-0.1, -0.05) is 23.1 Å². The summed E-state index contributed by atoms with van der Waals surface area (Å²) in [5, 5.41) is 20.1. The minimum atomic E-state index is -0.369. The van der Waals surface area contributed by atoms with Crippen LogP contribution in [0.2, 0.25) is 0 Å². The molecule has 2 heterocycles. The second kappa shape index (κ2) is 8.35. The van der Waals surface area contributed by atoms with Crippen molar-refractivity contribution < 1.29 is 14.3 Å². The Bertz CT molecular complexity index is 942. The fourth-order valence-electron chi connectivity index (χ4n) is 2.16. The fraction of sp³-hybridized carbons (Fsp3) is 0.312. The maximum absolute atomic E-state index is 12.4. The van der Waals surface area contributed by atoms with Gasteiger partial charge >= 0.3 is 0 Å². The van der Waals surface area contributed by atoms with Crippen molar-refractivity contribution in [2.24, 2.45) is 7.05 Å². The number of ether oxygens (including phenoxy) is 2. The number of carbonyl (C=O) groups excluding carboxylic acids is 1. The zero-order valence-corrected chi connectivity index (χ0v) is 16.8. The Balaban J connectivity index is 1.72. The minimum Gasteiger partial charge on any atom is -0.497 e. The van der Waals surface area contributed by atoms with Gasteiger partial charge in [0.05, 0.1) is 25.0 Å². The molecule has 3 rings (SSSR count). The van der Waals surface area contributed by atoms with Gasteiger partial charge < -0.3 is 14.0 Å². The van der Waals surface area contributed by atoms with Gasteiger partial charge in [-0.05, 0) is 25.1 Å². The molecule has 11 heteroatoms. The molecule has 0 aliphatic heterocycles. The number of benzene rings is 1. The number of thioether (sulfide) groups is 1. The quantitative estimate of drug-likeness (QED) is 0.597. The predicted octanol–water partition coefficient (Wildman–Crippen LogP) is 2.47. The molecule has 142 valence electrons. The second-order valence-electron chi connectivity index (χ2n) is 5.45. The molecule has 0 bridgehead atoms. The van der Waals surface area contributed by atoms with E-state index in [1.807, 2.05) is 13.1 Å². The summed E-state index contributed by atoms with van der Waals surface area (Å²) in [4.78, 5) is 12.4. The largest absolute Gasteiger partial charge is 0.497 e. The molecule has 0 saturated heterocycles. The maximum atomic E-state index is 12.4. The van der Waals surface area contributed by atoms with Crippen LogP contribution >= 0.6 is 23.1 Å². The van der Waals surface area contributed by atoms with Crippen LogP contribution in [0.25, 0.3) is 10.6 Å². The predicted molar refractivity (Wildman–Crippen MR) is 103 cm³/mol. The van der Waals surface area contributed by atoms with Crippen molar-refractivity contribution in [2.45, 2.75) is 17.3 Å². The van der Waals surface area contributed by atoms with Gasteiger partial charge in [0.15, 0.2) is 10.2 Å². The summed E-state index contributed by atoms with van der Waals surface area (Å²) in [6, 6.07) is 5.42. The first-order valence-corrected chi connectivity index (χ1v) is 9.59. The van der Waals surface area contributed by atoms with Crippen LogP contribution in [0, 0.1) is 0 Å². The molecule has 0 aliphatic rings. The van der Waals surface area contributed by atoms with Gasteiger partial charge in [-0.25, -0.2) is 0 Å². The Morgan fingerprint density at radius 1 is 1.26 bits per heavy atom. The normalized spacial score (nSPS) is 11.9. The highest BCUT2D eigenvalue weighted by Crippen LogP contribution is 2.36. The van der Waals surface area contributed by atoms with E-state index in [4.69, 9.17) is 9.47 Å². The molecule has 1 N–H and O–H groups in total. The number of hydrogen-bond acceptors (Lipinski definition) is 9. The zero-order valence-electron chi connectivity index (χ0n) is 15.2. The van der Waals surface area contributed by atoms with Gasteiger partial charge in [-0.3, -0.25) is 10.1 Å². The Hall–Kier alpha value is -2.66. The lowest BCUT2D eigenvalue weighted by atomic mass is 10.2. The number of carbonyl (C=O) groups is 1. The Labute approximate surface area is 164 Å². The van der Waals surface area contributed by atoms with E-state index in [1.54, 1.807) is 44.2 Å². The topological polar surface area (TPSA) is 104 Å². The van der Waals surface area contributed by atoms with Crippen LogP contribution in [0.3, 0.4) is 0 Å². The summed E-state index contributed by atoms with van der Waals surface area (Å²) in [5.74, 6) is 1.14. The standard InChI is InChI=1S/C16H18N6O3S2/c1-9(26-16-21-17-8-22(16)2)13(23)18-15-20-19-14(27-15)11-7-10(24-3)5-6-12(11)25-4/h5-9H,1-4H3,(H,18,20,23)/t9-/m0/s1. The number of amides is 1. The monoisotopic (exact) mass is 406 g/mol. The fourth-order valence-corrected chi connectivity index (χ4v) is 3.72. The first-order valence-electron chi connectivity index (χ1n) is 7.89. The molecule has 27 heavy (non-hydrogen) atoms. The molecule has 2 aromatic heterocycles. The van der Waals surface area contributed by atoms with Gasteiger partial charge in [0.2, 0.25) is 11.0 Å². The van der Waals surface area contributed by atoms with Gasteiger partial charge in [-0.2, -0.15) is 0 Å². The van der Waals surface area contributed by atoms with E-state index in [-0.39, 0.29) is 11.2 Å². The number of nitrogens with one attached hydrogen (secondary N) is 1. The van der Waals surface area contributed by atoms with Crippen molar-refractivity contribution in [3.05, 3.63) is 24.5 Å². The van der Waals surface area contributed by atoms with Crippen molar-refractivity contribution in [3.8, 4) is 22.1 Å². The molecule has 0 aliphatic carbocycles. The first-order chi connectivity index (χ1) is 13.0. The highest BCUT2D eigenvalue weighted by atomic mass is 32.2. The molecular formula is C16H18N6O3S2. The van der Waals surface area contributed by atoms with Crippen molar-refractivity contribution in [1.29, 1.82) is 0 Å². The lowest BCUT2D eigenvalue weighted by molar-refractivity contribution is -0.115. The van der Waals surface area contributed by atoms with Crippen LogP contribution < -0.4 is 14.8 Å². The number of methoxy groups -OCH3 is 2. The maximum Gasteiger partial charge on any atom is 0.239 e. The van der Waals surface area contributed by atoms with Gasteiger partial charge in [0.1, 0.15) is 17.8 Å². The van der Waals surface area contributed by atoms with Crippen molar-refractivity contribution in [2.75, 3.05) is 19.5 Å². The number of anilines is 1. The molecule has 1 amide bonds. The zero-order chi connectivity index (χ0) is 19.4. The van der Waals surface area contributed by atoms with E-state index < -0.39 is 0 Å². The molecule has 0 radical (unpaired) electrons. The van der Waals surface area contributed by atoms with Crippen molar-refractivity contribution in [3.63, 3.8) is 0 Å². The van der Waals surface area contributed by atoms with Crippen molar-refractivity contribution in [1.82, 2.24) is 25.0 Å². The number of rotatable bonds is 7. The summed E-state index contributed by atoms with van der Waals surface area (Å²) in [7, 11) is 5.00. The smallest absolute Gasteiger partial charge is 0.239 e. The van der Waals surface area contributed by atoms with Crippen molar-refractivity contribution >= 4 is 34.1 Å². The summed E-state index contributed by atoms with van der Waals surface area (Å²) < 4.78 is 12.4. The third-order valence-corrected chi connectivity index (χ3v) is 5.63. The highest BCUT2D eigenvalue weighted by Gasteiger charge is 2.20. The molecule has 1 aromatic carbocycles. The SMILES string of the molecule is COc1ccc(OC)c(-c2nnc(NC(=O)[C@H](C)Sc3nncn3C)s2)c1. The second-order valence-corrected chi connectivity index (χ2v) is 7.74. The molecule has 0 saturated carbocycles. The third-order valence-electron chi connectivity index (χ3n) is 3.61. The average Bonchev–Trinajstić information content (AvgIpc) is 3.30. The summed E-state index contributed by atoms with van der Waals surface area (Å²) in [5.41, 5.74) is 0.747. The minimum absolute atomic E-state index is 0.191. The number of aryl methyl sites for hydroxylation is 1. The van der Waals surface area contributed by atoms with Gasteiger partial charge in [0, 0.05) is 7.05 Å². The molecule has 0 fully saturated rings. The summed E-state index contributed by atoms with van der Waals surface area (Å²) >= 11 is 2.58. The van der Waals surface area contributed by atoms with E-state index in [9.17, 15) is 4.79 Å². The van der Waals surface area contributed by atoms with Crippen LogP contribution in [0.1, 0.15) is 6.92 Å². The van der Waals surface area contributed by atoms with Crippen LogP contribution in [0.15, 0.2) is 29.7 Å². The summed E-state index contributed by atoms with van der Waals surface area (Å²) in [6.45, 7) is 1.79. The Morgan fingerprint density at radius 3 is 2.74 bits per heavy atom.